The second-order valence-electron chi connectivity index (χ2n) is 7.52. The average molecular weight is 364 g/mol. The van der Waals surface area contributed by atoms with E-state index < -0.39 is 17.9 Å². The van der Waals surface area contributed by atoms with Crippen LogP contribution in [0.4, 0.5) is 0 Å². The van der Waals surface area contributed by atoms with E-state index in [-0.39, 0.29) is 24.7 Å². The molecule has 1 aromatic rings. The Hall–Kier alpha value is -2.15. The summed E-state index contributed by atoms with van der Waals surface area (Å²) >= 11 is 0. The van der Waals surface area contributed by atoms with Gasteiger partial charge < -0.3 is 19.9 Å². The lowest BCUT2D eigenvalue weighted by Gasteiger charge is -2.21. The van der Waals surface area contributed by atoms with Gasteiger partial charge in [-0.05, 0) is 52.5 Å². The van der Waals surface area contributed by atoms with Crippen molar-refractivity contribution in [3.8, 4) is 5.88 Å². The van der Waals surface area contributed by atoms with Crippen LogP contribution in [0.25, 0.3) is 0 Å². The van der Waals surface area contributed by atoms with E-state index >= 15 is 0 Å². The van der Waals surface area contributed by atoms with Crippen molar-refractivity contribution in [1.29, 1.82) is 0 Å². The van der Waals surface area contributed by atoms with Gasteiger partial charge in [0.2, 0.25) is 5.88 Å². The van der Waals surface area contributed by atoms with Gasteiger partial charge in [0.1, 0.15) is 12.1 Å². The minimum atomic E-state index is -1.09. The van der Waals surface area contributed by atoms with E-state index in [0.717, 1.165) is 12.8 Å². The molecule has 0 bridgehead atoms. The van der Waals surface area contributed by atoms with Crippen LogP contribution >= 0.6 is 0 Å². The maximum absolute atomic E-state index is 12.3. The van der Waals surface area contributed by atoms with Crippen LogP contribution in [0.5, 0.6) is 5.88 Å². The first-order valence-corrected chi connectivity index (χ1v) is 9.05. The minimum absolute atomic E-state index is 0.189. The molecule has 0 saturated heterocycles. The number of hydrogen-bond donors (Lipinski definition) is 2. The van der Waals surface area contributed by atoms with Gasteiger partial charge in [-0.25, -0.2) is 9.78 Å². The number of ether oxygens (including phenoxy) is 2. The summed E-state index contributed by atoms with van der Waals surface area (Å²) in [7, 11) is 0. The van der Waals surface area contributed by atoms with Crippen molar-refractivity contribution in [2.75, 3.05) is 6.61 Å². The average Bonchev–Trinajstić information content (AvgIpc) is 3.06. The summed E-state index contributed by atoms with van der Waals surface area (Å²) in [4.78, 5) is 27.8. The summed E-state index contributed by atoms with van der Waals surface area (Å²) < 4.78 is 11.3. The minimum Gasteiger partial charge on any atom is -0.480 e. The largest absolute Gasteiger partial charge is 0.480 e. The van der Waals surface area contributed by atoms with Crippen molar-refractivity contribution < 1.29 is 24.2 Å². The van der Waals surface area contributed by atoms with Crippen molar-refractivity contribution in [3.63, 3.8) is 0 Å². The Balaban J connectivity index is 1.88. The molecule has 0 aromatic carbocycles. The van der Waals surface area contributed by atoms with Crippen LogP contribution in [0.3, 0.4) is 0 Å². The highest BCUT2D eigenvalue weighted by Gasteiger charge is 2.22. The maximum Gasteiger partial charge on any atom is 0.326 e. The van der Waals surface area contributed by atoms with E-state index in [0.29, 0.717) is 11.4 Å². The normalized spacial score (nSPS) is 16.3. The molecule has 2 rings (SSSR count). The quantitative estimate of drug-likeness (QED) is 0.736. The monoisotopic (exact) mass is 364 g/mol. The number of carbonyl (C=O) groups excluding carboxylic acids is 1. The molecule has 26 heavy (non-hydrogen) atoms. The lowest BCUT2D eigenvalue weighted by atomic mass is 10.1. The van der Waals surface area contributed by atoms with Gasteiger partial charge in [0.05, 0.1) is 11.2 Å². The second kappa shape index (κ2) is 8.98. The zero-order valence-electron chi connectivity index (χ0n) is 15.7. The van der Waals surface area contributed by atoms with Gasteiger partial charge in [-0.15, -0.1) is 0 Å². The molecule has 0 spiro atoms. The Kier molecular flexibility index (Phi) is 6.97. The van der Waals surface area contributed by atoms with Crippen molar-refractivity contribution in [3.05, 3.63) is 23.9 Å². The smallest absolute Gasteiger partial charge is 0.326 e. The number of aliphatic carboxylic acids is 1. The van der Waals surface area contributed by atoms with E-state index in [4.69, 9.17) is 9.47 Å². The molecule has 7 heteroatoms. The molecule has 1 aromatic heterocycles. The summed E-state index contributed by atoms with van der Waals surface area (Å²) in [5.74, 6) is -1.08. The van der Waals surface area contributed by atoms with Gasteiger partial charge in [-0.2, -0.15) is 0 Å². The van der Waals surface area contributed by atoms with Crippen molar-refractivity contribution in [2.24, 2.45) is 0 Å². The van der Waals surface area contributed by atoms with Crippen molar-refractivity contribution >= 4 is 11.9 Å². The number of pyridine rings is 1. The molecule has 1 heterocycles. The van der Waals surface area contributed by atoms with Crippen LogP contribution in [0.1, 0.15) is 63.2 Å². The van der Waals surface area contributed by atoms with E-state index in [9.17, 15) is 14.7 Å². The molecule has 1 atom stereocenters. The lowest BCUT2D eigenvalue weighted by Crippen LogP contribution is -2.42. The van der Waals surface area contributed by atoms with Crippen LogP contribution in [-0.2, 0) is 9.53 Å². The molecular formula is C19H28N2O5. The number of carbonyl (C=O) groups is 2. The lowest BCUT2D eigenvalue weighted by molar-refractivity contribution is -0.140. The summed E-state index contributed by atoms with van der Waals surface area (Å²) in [5.41, 5.74) is -0.0571. The number of rotatable bonds is 8. The predicted octanol–water partition coefficient (Wildman–Crippen LogP) is 2.79. The molecule has 1 aliphatic rings. The number of nitrogens with zero attached hydrogens (tertiary/aromatic N) is 1. The molecule has 1 unspecified atom stereocenters. The third-order valence-electron chi connectivity index (χ3n) is 4.13. The van der Waals surface area contributed by atoms with E-state index in [1.165, 1.54) is 19.0 Å². The Labute approximate surface area is 154 Å². The number of nitrogens with one attached hydrogen (secondary N) is 1. The summed E-state index contributed by atoms with van der Waals surface area (Å²) in [6.45, 7) is 5.92. The van der Waals surface area contributed by atoms with Gasteiger partial charge >= 0.3 is 5.97 Å². The fourth-order valence-corrected chi connectivity index (χ4v) is 2.74. The van der Waals surface area contributed by atoms with Crippen LogP contribution in [0.15, 0.2) is 18.3 Å². The molecule has 144 valence electrons. The molecule has 1 saturated carbocycles. The molecule has 1 amide bonds. The van der Waals surface area contributed by atoms with E-state index in [1.807, 2.05) is 20.8 Å². The fourth-order valence-electron chi connectivity index (χ4n) is 2.74. The fraction of sp³-hybridized carbons (Fsp3) is 0.632. The first-order chi connectivity index (χ1) is 12.2. The standard InChI is InChI=1S/C19H28N2O5/c1-19(2,3)25-11-10-15(18(23)24)21-17(22)13-8-9-16(20-12-13)26-14-6-4-5-7-14/h8-9,12,14-15H,4-7,10-11H2,1-3H3,(H,21,22)(H,23,24). The zero-order valence-corrected chi connectivity index (χ0v) is 15.7. The third kappa shape index (κ3) is 6.63. The Bertz CT molecular complexity index is 603. The molecule has 0 radical (unpaired) electrons. The number of aromatic nitrogens is 1. The Morgan fingerprint density at radius 3 is 2.54 bits per heavy atom. The predicted molar refractivity (Wildman–Crippen MR) is 96.3 cm³/mol. The molecule has 2 N–H and O–H groups in total. The van der Waals surface area contributed by atoms with Gasteiger partial charge in [0, 0.05) is 25.3 Å². The Morgan fingerprint density at radius 2 is 2.00 bits per heavy atom. The summed E-state index contributed by atoms with van der Waals surface area (Å²) in [5, 5.41) is 11.8. The summed E-state index contributed by atoms with van der Waals surface area (Å²) in [6.07, 6.45) is 6.18. The van der Waals surface area contributed by atoms with E-state index in [2.05, 4.69) is 10.3 Å². The topological polar surface area (TPSA) is 97.8 Å². The first-order valence-electron chi connectivity index (χ1n) is 9.05. The second-order valence-corrected chi connectivity index (χ2v) is 7.52. The number of carboxylic acid groups (broad SMARTS) is 1. The third-order valence-corrected chi connectivity index (χ3v) is 4.13. The highest BCUT2D eigenvalue weighted by molar-refractivity contribution is 5.96. The molecule has 1 aliphatic carbocycles. The SMILES string of the molecule is CC(C)(C)OCCC(NC(=O)c1ccc(OC2CCCC2)nc1)C(=O)O. The first kappa shape index (κ1) is 20.2. The van der Waals surface area contributed by atoms with Crippen LogP contribution in [0, 0.1) is 0 Å². The molecule has 0 aliphatic heterocycles. The number of amides is 1. The molecule has 7 nitrogen and oxygen atoms in total. The zero-order chi connectivity index (χ0) is 19.2. The van der Waals surface area contributed by atoms with Gasteiger partial charge in [-0.1, -0.05) is 0 Å². The van der Waals surface area contributed by atoms with E-state index in [1.54, 1.807) is 12.1 Å². The Morgan fingerprint density at radius 1 is 1.31 bits per heavy atom. The summed E-state index contributed by atoms with van der Waals surface area (Å²) in [6, 6.07) is 2.22. The highest BCUT2D eigenvalue weighted by atomic mass is 16.5. The maximum atomic E-state index is 12.3. The van der Waals surface area contributed by atoms with Crippen LogP contribution < -0.4 is 10.1 Å². The van der Waals surface area contributed by atoms with Crippen molar-refractivity contribution in [1.82, 2.24) is 10.3 Å². The van der Waals surface area contributed by atoms with Crippen molar-refractivity contribution in [2.45, 2.75) is 70.6 Å². The van der Waals surface area contributed by atoms with Gasteiger partial charge in [-0.3, -0.25) is 4.79 Å². The van der Waals surface area contributed by atoms with Crippen LogP contribution in [0.2, 0.25) is 0 Å². The molecule has 1 fully saturated rings. The van der Waals surface area contributed by atoms with Gasteiger partial charge in [0.15, 0.2) is 0 Å². The highest BCUT2D eigenvalue weighted by Crippen LogP contribution is 2.22. The van der Waals surface area contributed by atoms with Gasteiger partial charge in [0.25, 0.3) is 5.91 Å². The number of carboxylic acids is 1. The van der Waals surface area contributed by atoms with Crippen LogP contribution in [-0.4, -0.2) is 46.3 Å². The number of hydrogen-bond acceptors (Lipinski definition) is 5. The molecular weight excluding hydrogens is 336 g/mol.